The Morgan fingerprint density at radius 3 is 1.74 bits per heavy atom. The standard InChI is InChI=1S/C42H32BNO2/c1-41(2)42(3,4)46-43(45-41)26-23-34(39-31-16-8-7-13-28(31)27-12-5-6-14-29(27)36(39)24-26)25-20-21-38-35(22-25)33-18-11-17-32-30-15-9-10-19-37(30)44(38)40(32)33/h5-24H,1-4H3. The fraction of sp³-hybridized carbons (Fsp3) is 0.143. The summed E-state index contributed by atoms with van der Waals surface area (Å²) in [4.78, 5) is 0. The Hall–Kier alpha value is -4.90. The smallest absolute Gasteiger partial charge is 0.399 e. The molecule has 2 aromatic heterocycles. The van der Waals surface area contributed by atoms with E-state index in [0.29, 0.717) is 0 Å². The molecule has 3 nitrogen and oxygen atoms in total. The van der Waals surface area contributed by atoms with Crippen LogP contribution in [-0.4, -0.2) is 22.7 Å². The predicted octanol–water partition coefficient (Wildman–Crippen LogP) is 10.3. The van der Waals surface area contributed by atoms with Gasteiger partial charge in [0.25, 0.3) is 0 Å². The summed E-state index contributed by atoms with van der Waals surface area (Å²) in [6.07, 6.45) is 0. The minimum Gasteiger partial charge on any atom is -0.399 e. The first-order valence-electron chi connectivity index (χ1n) is 16.2. The third-order valence-corrected chi connectivity index (χ3v) is 10.9. The van der Waals surface area contributed by atoms with Crippen LogP contribution in [0, 0.1) is 0 Å². The lowest BCUT2D eigenvalue weighted by Crippen LogP contribution is -2.41. The second kappa shape index (κ2) is 8.88. The molecular formula is C42H32BNO2. The van der Waals surface area contributed by atoms with Crippen LogP contribution in [0.3, 0.4) is 0 Å². The molecule has 0 bridgehead atoms. The molecule has 1 saturated heterocycles. The minimum absolute atomic E-state index is 0.430. The highest BCUT2D eigenvalue weighted by atomic mass is 16.7. The zero-order valence-electron chi connectivity index (χ0n) is 26.4. The summed E-state index contributed by atoms with van der Waals surface area (Å²) in [5.41, 5.74) is 6.35. The van der Waals surface area contributed by atoms with Gasteiger partial charge in [-0.3, -0.25) is 0 Å². The van der Waals surface area contributed by atoms with Gasteiger partial charge >= 0.3 is 7.12 Å². The maximum Gasteiger partial charge on any atom is 0.494 e. The van der Waals surface area contributed by atoms with Crippen LogP contribution in [0.15, 0.2) is 121 Å². The predicted molar refractivity (Wildman–Crippen MR) is 195 cm³/mol. The van der Waals surface area contributed by atoms with Gasteiger partial charge in [0, 0.05) is 21.5 Å². The van der Waals surface area contributed by atoms with Crippen molar-refractivity contribution in [3.05, 3.63) is 121 Å². The molecule has 7 aromatic carbocycles. The number of hydrogen-bond donors (Lipinski definition) is 0. The fourth-order valence-corrected chi connectivity index (χ4v) is 8.00. The number of hydrogen-bond acceptors (Lipinski definition) is 2. The maximum atomic E-state index is 6.65. The quantitative estimate of drug-likeness (QED) is 0.147. The monoisotopic (exact) mass is 593 g/mol. The molecule has 9 aromatic rings. The van der Waals surface area contributed by atoms with Crippen LogP contribution in [0.5, 0.6) is 0 Å². The van der Waals surface area contributed by atoms with Gasteiger partial charge in [-0.2, -0.15) is 0 Å². The highest BCUT2D eigenvalue weighted by Gasteiger charge is 2.51. The van der Waals surface area contributed by atoms with E-state index in [0.717, 1.165) is 5.46 Å². The number of rotatable bonds is 2. The van der Waals surface area contributed by atoms with Crippen molar-refractivity contribution >= 4 is 83.0 Å². The molecule has 10 rings (SSSR count). The molecule has 220 valence electrons. The van der Waals surface area contributed by atoms with Gasteiger partial charge in [0.05, 0.1) is 27.8 Å². The molecule has 4 heteroatoms. The van der Waals surface area contributed by atoms with Crippen molar-refractivity contribution in [2.24, 2.45) is 0 Å². The molecule has 0 unspecified atom stereocenters. The molecule has 0 saturated carbocycles. The van der Waals surface area contributed by atoms with Crippen LogP contribution in [0.1, 0.15) is 27.7 Å². The summed E-state index contributed by atoms with van der Waals surface area (Å²) in [6.45, 7) is 8.49. The second-order valence-corrected chi connectivity index (χ2v) is 14.0. The molecule has 1 fully saturated rings. The molecule has 0 amide bonds. The van der Waals surface area contributed by atoms with Crippen molar-refractivity contribution in [1.82, 2.24) is 4.40 Å². The van der Waals surface area contributed by atoms with E-state index in [-0.39, 0.29) is 0 Å². The third-order valence-electron chi connectivity index (χ3n) is 10.9. The van der Waals surface area contributed by atoms with Crippen molar-refractivity contribution in [3.8, 4) is 11.1 Å². The van der Waals surface area contributed by atoms with E-state index >= 15 is 0 Å². The molecule has 0 N–H and O–H groups in total. The summed E-state index contributed by atoms with van der Waals surface area (Å²) >= 11 is 0. The Labute approximate surface area is 267 Å². The zero-order chi connectivity index (χ0) is 30.9. The van der Waals surface area contributed by atoms with E-state index in [1.165, 1.54) is 81.5 Å². The summed E-state index contributed by atoms with van der Waals surface area (Å²) in [7, 11) is -0.464. The van der Waals surface area contributed by atoms with Crippen LogP contribution in [0.2, 0.25) is 0 Å². The van der Waals surface area contributed by atoms with Crippen molar-refractivity contribution in [2.75, 3.05) is 0 Å². The number of fused-ring (bicyclic) bond motifs is 12. The molecule has 3 heterocycles. The van der Waals surface area contributed by atoms with Crippen molar-refractivity contribution in [1.29, 1.82) is 0 Å². The van der Waals surface area contributed by atoms with Crippen LogP contribution in [0.4, 0.5) is 0 Å². The summed E-state index contributed by atoms with van der Waals surface area (Å²) in [5.74, 6) is 0. The molecule has 0 aliphatic carbocycles. The topological polar surface area (TPSA) is 22.9 Å². The van der Waals surface area contributed by atoms with E-state index in [2.05, 4.69) is 153 Å². The number of para-hydroxylation sites is 2. The molecular weight excluding hydrogens is 561 g/mol. The molecule has 1 aliphatic heterocycles. The minimum atomic E-state index is -0.464. The van der Waals surface area contributed by atoms with E-state index < -0.39 is 18.3 Å². The summed E-state index contributed by atoms with van der Waals surface area (Å²) in [5, 5.41) is 12.7. The first-order valence-corrected chi connectivity index (χ1v) is 16.2. The number of aromatic nitrogens is 1. The molecule has 0 spiro atoms. The van der Waals surface area contributed by atoms with Gasteiger partial charge in [-0.15, -0.1) is 0 Å². The second-order valence-electron chi connectivity index (χ2n) is 14.0. The van der Waals surface area contributed by atoms with Gasteiger partial charge in [-0.1, -0.05) is 103 Å². The van der Waals surface area contributed by atoms with Crippen LogP contribution < -0.4 is 5.46 Å². The number of benzene rings is 7. The molecule has 0 atom stereocenters. The maximum absolute atomic E-state index is 6.65. The molecule has 0 radical (unpaired) electrons. The van der Waals surface area contributed by atoms with Crippen molar-refractivity contribution in [3.63, 3.8) is 0 Å². The Kier molecular flexibility index (Phi) is 5.08. The number of nitrogens with zero attached hydrogens (tertiary/aromatic N) is 1. The van der Waals surface area contributed by atoms with Gasteiger partial charge < -0.3 is 13.7 Å². The first-order chi connectivity index (χ1) is 22.3. The Balaban J connectivity index is 1.32. The summed E-state index contributed by atoms with van der Waals surface area (Å²) < 4.78 is 15.7. The van der Waals surface area contributed by atoms with Gasteiger partial charge in [0.2, 0.25) is 0 Å². The highest BCUT2D eigenvalue weighted by molar-refractivity contribution is 6.63. The third kappa shape index (κ3) is 3.35. The average Bonchev–Trinajstić information content (AvgIpc) is 3.67. The zero-order valence-corrected chi connectivity index (χ0v) is 26.4. The Bertz CT molecular complexity index is 2700. The van der Waals surface area contributed by atoms with E-state index in [9.17, 15) is 0 Å². The summed E-state index contributed by atoms with van der Waals surface area (Å²) in [6, 6.07) is 44.7. The van der Waals surface area contributed by atoms with E-state index in [1.54, 1.807) is 0 Å². The fourth-order valence-electron chi connectivity index (χ4n) is 8.00. The van der Waals surface area contributed by atoms with Gasteiger partial charge in [0.1, 0.15) is 0 Å². The Morgan fingerprint density at radius 1 is 0.478 bits per heavy atom. The van der Waals surface area contributed by atoms with Gasteiger partial charge in [-0.25, -0.2) is 0 Å². The first kappa shape index (κ1) is 26.3. The van der Waals surface area contributed by atoms with Crippen LogP contribution >= 0.6 is 0 Å². The van der Waals surface area contributed by atoms with E-state index in [4.69, 9.17) is 9.31 Å². The average molecular weight is 594 g/mol. The van der Waals surface area contributed by atoms with Crippen LogP contribution in [0.25, 0.3) is 81.5 Å². The normalized spacial score (nSPS) is 16.4. The van der Waals surface area contributed by atoms with Crippen molar-refractivity contribution < 1.29 is 9.31 Å². The lowest BCUT2D eigenvalue weighted by molar-refractivity contribution is 0.00578. The van der Waals surface area contributed by atoms with Gasteiger partial charge in [0.15, 0.2) is 0 Å². The van der Waals surface area contributed by atoms with Crippen LogP contribution in [-0.2, 0) is 9.31 Å². The van der Waals surface area contributed by atoms with Crippen molar-refractivity contribution in [2.45, 2.75) is 38.9 Å². The Morgan fingerprint density at radius 2 is 1.02 bits per heavy atom. The lowest BCUT2D eigenvalue weighted by Gasteiger charge is -2.32. The van der Waals surface area contributed by atoms with Gasteiger partial charge in [-0.05, 0) is 94.8 Å². The SMILES string of the molecule is CC1(C)OB(c2cc(-c3ccc4c(c3)c3cccc5c6ccccc6n4c53)c3c4ccccc4c4ccccc4c3c2)OC1(C)C. The largest absolute Gasteiger partial charge is 0.494 e. The highest BCUT2D eigenvalue weighted by Crippen LogP contribution is 2.44. The lowest BCUT2D eigenvalue weighted by atomic mass is 9.75. The van der Waals surface area contributed by atoms with E-state index in [1.807, 2.05) is 0 Å². The molecule has 1 aliphatic rings. The molecule has 46 heavy (non-hydrogen) atoms.